The van der Waals surface area contributed by atoms with E-state index >= 15 is 0 Å². The zero-order chi connectivity index (χ0) is 15.3. The maximum atomic E-state index is 12.0. The summed E-state index contributed by atoms with van der Waals surface area (Å²) in [5, 5.41) is 2.88. The lowest BCUT2D eigenvalue weighted by Crippen LogP contribution is -2.53. The molecule has 0 aliphatic rings. The molecule has 0 spiro atoms. The van der Waals surface area contributed by atoms with Crippen molar-refractivity contribution in [2.75, 3.05) is 6.54 Å². The van der Waals surface area contributed by atoms with Gasteiger partial charge in [0.05, 0.1) is 11.6 Å². The van der Waals surface area contributed by atoms with Crippen LogP contribution < -0.4 is 16.8 Å². The first-order valence-electron chi connectivity index (χ1n) is 5.89. The molecular weight excluding hydrogens is 278 g/mol. The van der Waals surface area contributed by atoms with Gasteiger partial charge in [-0.15, -0.1) is 0 Å². The van der Waals surface area contributed by atoms with Gasteiger partial charge in [0.1, 0.15) is 5.54 Å². The van der Waals surface area contributed by atoms with Gasteiger partial charge < -0.3 is 16.8 Å². The number of hydrogen-bond acceptors (Lipinski definition) is 3. The van der Waals surface area contributed by atoms with Gasteiger partial charge in [-0.3, -0.25) is 9.59 Å². The number of nitrogens with two attached hydrogens (primary N) is 2. The van der Waals surface area contributed by atoms with Crippen LogP contribution in [0.4, 0.5) is 0 Å². The molecule has 0 unspecified atom stereocenters. The summed E-state index contributed by atoms with van der Waals surface area (Å²) in [6.07, 6.45) is 0. The molecule has 5 N–H and O–H groups in total. The quantitative estimate of drug-likeness (QED) is 0.713. The van der Waals surface area contributed by atoms with Gasteiger partial charge in [-0.05, 0) is 32.0 Å². The Kier molecular flexibility index (Phi) is 5.14. The molecule has 1 rings (SSSR count). The predicted molar refractivity (Wildman–Crippen MR) is 78.1 cm³/mol. The van der Waals surface area contributed by atoms with Crippen LogP contribution in [0.1, 0.15) is 29.8 Å². The Labute approximate surface area is 122 Å². The van der Waals surface area contributed by atoms with Gasteiger partial charge in [-0.1, -0.05) is 23.4 Å². The second kappa shape index (κ2) is 6.42. The van der Waals surface area contributed by atoms with E-state index in [1.54, 1.807) is 12.1 Å². The van der Waals surface area contributed by atoms with Gasteiger partial charge in [-0.25, -0.2) is 0 Å². The average molecular weight is 294 g/mol. The van der Waals surface area contributed by atoms with Crippen molar-refractivity contribution in [3.05, 3.63) is 34.3 Å². The van der Waals surface area contributed by atoms with Gasteiger partial charge in [0.25, 0.3) is 5.91 Å². The standard InChI is InChI=1S/C14H16ClN3O2/c1-14(2,13(17)20)18-12(19)10-6-5-9(4-3-7-16)11(15)8-10/h5-6,8H,7,16H2,1-2H3,(H2,17,20)(H,18,19). The Bertz CT molecular complexity index is 600. The number of rotatable bonds is 3. The number of carbonyl (C=O) groups excluding carboxylic acids is 2. The molecule has 6 heteroatoms. The maximum absolute atomic E-state index is 12.0. The molecule has 0 heterocycles. The first-order valence-corrected chi connectivity index (χ1v) is 6.26. The molecule has 1 aromatic carbocycles. The molecule has 0 atom stereocenters. The fraction of sp³-hybridized carbons (Fsp3) is 0.286. The lowest BCUT2D eigenvalue weighted by Gasteiger charge is -2.22. The zero-order valence-electron chi connectivity index (χ0n) is 11.3. The van der Waals surface area contributed by atoms with Gasteiger partial charge >= 0.3 is 0 Å². The highest BCUT2D eigenvalue weighted by Gasteiger charge is 2.27. The van der Waals surface area contributed by atoms with Crippen molar-refractivity contribution in [1.29, 1.82) is 0 Å². The molecule has 0 saturated carbocycles. The summed E-state index contributed by atoms with van der Waals surface area (Å²) in [4.78, 5) is 23.2. The van der Waals surface area contributed by atoms with Crippen molar-refractivity contribution >= 4 is 23.4 Å². The van der Waals surface area contributed by atoms with Crippen molar-refractivity contribution in [3.8, 4) is 11.8 Å². The summed E-state index contributed by atoms with van der Waals surface area (Å²) < 4.78 is 0. The van der Waals surface area contributed by atoms with Crippen LogP contribution in [0.3, 0.4) is 0 Å². The average Bonchev–Trinajstić information content (AvgIpc) is 2.36. The van der Waals surface area contributed by atoms with Crippen LogP contribution in [0.25, 0.3) is 0 Å². The summed E-state index contributed by atoms with van der Waals surface area (Å²) >= 11 is 6.03. The van der Waals surface area contributed by atoms with E-state index in [-0.39, 0.29) is 6.54 Å². The highest BCUT2D eigenvalue weighted by molar-refractivity contribution is 6.32. The number of benzene rings is 1. The molecule has 0 aliphatic carbocycles. The van der Waals surface area contributed by atoms with E-state index < -0.39 is 17.4 Å². The third-order valence-electron chi connectivity index (χ3n) is 2.60. The molecule has 5 nitrogen and oxygen atoms in total. The van der Waals surface area contributed by atoms with Gasteiger partial charge in [0.15, 0.2) is 0 Å². The molecule has 0 aliphatic heterocycles. The maximum Gasteiger partial charge on any atom is 0.252 e. The number of halogens is 1. The first kappa shape index (κ1) is 16.0. The van der Waals surface area contributed by atoms with E-state index in [1.807, 2.05) is 0 Å². The molecule has 0 fully saturated rings. The SMILES string of the molecule is CC(C)(NC(=O)c1ccc(C#CCN)c(Cl)c1)C(N)=O. The number of hydrogen-bond donors (Lipinski definition) is 3. The summed E-state index contributed by atoms with van der Waals surface area (Å²) in [6, 6.07) is 4.67. The largest absolute Gasteiger partial charge is 0.368 e. The minimum absolute atomic E-state index is 0.228. The second-order valence-corrected chi connectivity index (χ2v) is 5.05. The fourth-order valence-corrected chi connectivity index (χ4v) is 1.55. The molecule has 0 aromatic heterocycles. The van der Waals surface area contributed by atoms with Crippen LogP contribution in [0, 0.1) is 11.8 Å². The van der Waals surface area contributed by atoms with Crippen molar-refractivity contribution in [2.24, 2.45) is 11.5 Å². The monoisotopic (exact) mass is 293 g/mol. The van der Waals surface area contributed by atoms with E-state index in [0.717, 1.165) is 0 Å². The predicted octanol–water partition coefficient (Wildman–Crippen LogP) is 0.644. The summed E-state index contributed by atoms with van der Waals surface area (Å²) in [5.74, 6) is 4.41. The highest BCUT2D eigenvalue weighted by Crippen LogP contribution is 2.17. The lowest BCUT2D eigenvalue weighted by atomic mass is 10.0. The van der Waals surface area contributed by atoms with E-state index in [1.165, 1.54) is 19.9 Å². The van der Waals surface area contributed by atoms with E-state index in [4.69, 9.17) is 23.1 Å². The van der Waals surface area contributed by atoms with Crippen molar-refractivity contribution in [1.82, 2.24) is 5.32 Å². The topological polar surface area (TPSA) is 98.2 Å². The van der Waals surface area contributed by atoms with Crippen LogP contribution in [-0.4, -0.2) is 23.9 Å². The highest BCUT2D eigenvalue weighted by atomic mass is 35.5. The van der Waals surface area contributed by atoms with Crippen molar-refractivity contribution < 1.29 is 9.59 Å². The van der Waals surface area contributed by atoms with Crippen LogP contribution in [-0.2, 0) is 4.79 Å². The molecular formula is C14H16ClN3O2. The third-order valence-corrected chi connectivity index (χ3v) is 2.91. The number of carbonyl (C=O) groups is 2. The Morgan fingerprint density at radius 3 is 2.55 bits per heavy atom. The van der Waals surface area contributed by atoms with Gasteiger partial charge in [0, 0.05) is 11.1 Å². The summed E-state index contributed by atoms with van der Waals surface area (Å²) in [7, 11) is 0. The molecule has 0 saturated heterocycles. The Hall–Kier alpha value is -2.03. The number of primary amides is 1. The summed E-state index contributed by atoms with van der Waals surface area (Å²) in [5.41, 5.74) is 10.2. The number of amides is 2. The van der Waals surface area contributed by atoms with Crippen LogP contribution in [0.5, 0.6) is 0 Å². The molecule has 0 radical (unpaired) electrons. The second-order valence-electron chi connectivity index (χ2n) is 4.64. The smallest absolute Gasteiger partial charge is 0.252 e. The van der Waals surface area contributed by atoms with Gasteiger partial charge in [0.2, 0.25) is 5.91 Å². The normalized spacial score (nSPS) is 10.4. The molecule has 0 bridgehead atoms. The van der Waals surface area contributed by atoms with Crippen LogP contribution >= 0.6 is 11.6 Å². The van der Waals surface area contributed by atoms with Gasteiger partial charge in [-0.2, -0.15) is 0 Å². The minimum Gasteiger partial charge on any atom is -0.368 e. The Balaban J connectivity index is 2.96. The van der Waals surface area contributed by atoms with E-state index in [0.29, 0.717) is 16.1 Å². The van der Waals surface area contributed by atoms with Crippen molar-refractivity contribution in [2.45, 2.75) is 19.4 Å². The minimum atomic E-state index is -1.14. The van der Waals surface area contributed by atoms with Crippen LogP contribution in [0.2, 0.25) is 5.02 Å². The Morgan fingerprint density at radius 2 is 2.05 bits per heavy atom. The Morgan fingerprint density at radius 1 is 1.40 bits per heavy atom. The van der Waals surface area contributed by atoms with Crippen LogP contribution in [0.15, 0.2) is 18.2 Å². The lowest BCUT2D eigenvalue weighted by molar-refractivity contribution is -0.122. The molecule has 2 amide bonds. The molecule has 106 valence electrons. The third kappa shape index (κ3) is 3.98. The summed E-state index contributed by atoms with van der Waals surface area (Å²) in [6.45, 7) is 3.28. The van der Waals surface area contributed by atoms with Crippen molar-refractivity contribution in [3.63, 3.8) is 0 Å². The fourth-order valence-electron chi connectivity index (χ4n) is 1.32. The first-order chi connectivity index (χ1) is 9.27. The van der Waals surface area contributed by atoms with E-state index in [2.05, 4.69) is 17.2 Å². The molecule has 20 heavy (non-hydrogen) atoms. The number of nitrogens with one attached hydrogen (secondary N) is 1. The molecule has 1 aromatic rings. The van der Waals surface area contributed by atoms with E-state index in [9.17, 15) is 9.59 Å². The zero-order valence-corrected chi connectivity index (χ0v) is 12.0.